The molecule has 1 aromatic heterocycles. The number of carbonyl (C=O) groups is 2. The van der Waals surface area contributed by atoms with Gasteiger partial charge in [-0.3, -0.25) is 9.59 Å². The molecule has 0 saturated carbocycles. The summed E-state index contributed by atoms with van der Waals surface area (Å²) >= 11 is 0. The summed E-state index contributed by atoms with van der Waals surface area (Å²) < 4.78 is 0. The van der Waals surface area contributed by atoms with Crippen LogP contribution in [0.3, 0.4) is 0 Å². The minimum atomic E-state index is -0.711. The molecule has 1 aromatic rings. The molecule has 0 spiro atoms. The van der Waals surface area contributed by atoms with Gasteiger partial charge in [-0.2, -0.15) is 0 Å². The van der Waals surface area contributed by atoms with E-state index in [-0.39, 0.29) is 0 Å². The monoisotopic (exact) mass is 183 g/mol. The Hall–Kier alpha value is -1.58. The van der Waals surface area contributed by atoms with Gasteiger partial charge < -0.3 is 10.1 Å². The van der Waals surface area contributed by atoms with Crippen LogP contribution in [0.1, 0.15) is 30.3 Å². The van der Waals surface area contributed by atoms with Crippen molar-refractivity contribution in [3.05, 3.63) is 24.0 Å². The lowest BCUT2D eigenvalue weighted by molar-refractivity contribution is -0.137. The summed E-state index contributed by atoms with van der Waals surface area (Å²) in [6.45, 7) is 1.84. The Balaban J connectivity index is 0.000000226. The normalized spacial score (nSPS) is 8.38. The van der Waals surface area contributed by atoms with E-state index in [1.54, 1.807) is 18.3 Å². The lowest BCUT2D eigenvalue weighted by Gasteiger charge is -1.79. The van der Waals surface area contributed by atoms with Crippen molar-refractivity contribution in [2.75, 3.05) is 0 Å². The fourth-order valence-electron chi connectivity index (χ4n) is 0.631. The average Bonchev–Trinajstić information content (AvgIpc) is 2.56. The first-order chi connectivity index (χ1) is 6.20. The summed E-state index contributed by atoms with van der Waals surface area (Å²) in [6.07, 6.45) is 3.51. The highest BCUT2D eigenvalue weighted by atomic mass is 16.4. The number of aliphatic carboxylic acids is 1. The molecule has 4 heteroatoms. The van der Waals surface area contributed by atoms with Crippen molar-refractivity contribution in [2.24, 2.45) is 0 Å². The third kappa shape index (κ3) is 6.80. The van der Waals surface area contributed by atoms with Crippen LogP contribution in [0, 0.1) is 0 Å². The van der Waals surface area contributed by atoms with E-state index in [4.69, 9.17) is 5.11 Å². The molecule has 0 aliphatic carbocycles. The molecular formula is C9H13NO3. The number of carbonyl (C=O) groups excluding carboxylic acids is 1. The van der Waals surface area contributed by atoms with Crippen molar-refractivity contribution in [2.45, 2.75) is 19.8 Å². The average molecular weight is 183 g/mol. The zero-order chi connectivity index (χ0) is 10.1. The van der Waals surface area contributed by atoms with E-state index in [2.05, 4.69) is 4.98 Å². The van der Waals surface area contributed by atoms with Crippen LogP contribution in [0.4, 0.5) is 0 Å². The number of H-pyrrole nitrogens is 1. The lowest BCUT2D eigenvalue weighted by atomic mass is 10.4. The fourth-order valence-corrected chi connectivity index (χ4v) is 0.631. The van der Waals surface area contributed by atoms with E-state index in [1.165, 1.54) is 0 Å². The van der Waals surface area contributed by atoms with E-state index in [0.717, 1.165) is 12.7 Å². The second-order valence-electron chi connectivity index (χ2n) is 2.39. The smallest absolute Gasteiger partial charge is 0.303 e. The van der Waals surface area contributed by atoms with Crippen molar-refractivity contribution >= 4 is 12.3 Å². The number of aromatic amines is 1. The lowest BCUT2D eigenvalue weighted by Crippen LogP contribution is -1.90. The molecule has 0 aliphatic heterocycles. The number of nitrogens with one attached hydrogen (secondary N) is 1. The van der Waals surface area contributed by atoms with Gasteiger partial charge in [-0.1, -0.05) is 6.92 Å². The first-order valence-corrected chi connectivity index (χ1v) is 4.01. The molecule has 13 heavy (non-hydrogen) atoms. The first kappa shape index (κ1) is 11.4. The Morgan fingerprint density at radius 2 is 2.38 bits per heavy atom. The molecule has 72 valence electrons. The third-order valence-electron chi connectivity index (χ3n) is 1.21. The summed E-state index contributed by atoms with van der Waals surface area (Å²) in [4.78, 5) is 22.2. The zero-order valence-corrected chi connectivity index (χ0v) is 7.49. The number of aldehydes is 1. The molecular weight excluding hydrogens is 170 g/mol. The van der Waals surface area contributed by atoms with E-state index in [9.17, 15) is 9.59 Å². The van der Waals surface area contributed by atoms with E-state index in [1.807, 2.05) is 6.92 Å². The number of hydrogen-bond donors (Lipinski definition) is 2. The second-order valence-corrected chi connectivity index (χ2v) is 2.39. The predicted octanol–water partition coefficient (Wildman–Crippen LogP) is 1.70. The molecule has 1 heterocycles. The van der Waals surface area contributed by atoms with Gasteiger partial charge in [0.25, 0.3) is 0 Å². The Labute approximate surface area is 76.6 Å². The quantitative estimate of drug-likeness (QED) is 0.700. The molecule has 1 rings (SSSR count). The summed E-state index contributed by atoms with van der Waals surface area (Å²) in [7, 11) is 0. The van der Waals surface area contributed by atoms with Gasteiger partial charge in [-0.05, 0) is 18.6 Å². The maximum atomic E-state index is 9.84. The van der Waals surface area contributed by atoms with Crippen LogP contribution in [0.15, 0.2) is 18.3 Å². The number of carboxylic acid groups (broad SMARTS) is 1. The minimum absolute atomic E-state index is 0.292. The molecule has 0 amide bonds. The number of aromatic nitrogens is 1. The van der Waals surface area contributed by atoms with Crippen molar-refractivity contribution < 1.29 is 14.7 Å². The molecule has 0 fully saturated rings. The van der Waals surface area contributed by atoms with Gasteiger partial charge in [0.15, 0.2) is 6.29 Å². The zero-order valence-electron chi connectivity index (χ0n) is 7.49. The van der Waals surface area contributed by atoms with Crippen molar-refractivity contribution in [3.8, 4) is 0 Å². The van der Waals surface area contributed by atoms with Gasteiger partial charge in [0.1, 0.15) is 0 Å². The topological polar surface area (TPSA) is 70.2 Å². The summed E-state index contributed by atoms with van der Waals surface area (Å²) in [5, 5.41) is 7.91. The molecule has 4 nitrogen and oxygen atoms in total. The number of rotatable bonds is 3. The molecule has 0 aromatic carbocycles. The van der Waals surface area contributed by atoms with Gasteiger partial charge in [0.2, 0.25) is 0 Å². The highest BCUT2D eigenvalue weighted by Gasteiger charge is 1.87. The SMILES string of the molecule is CCCC(=O)O.O=Cc1ccc[nH]1. The second kappa shape index (κ2) is 7.09. The standard InChI is InChI=1S/C5H5NO.C4H8O2/c7-4-5-2-1-3-6-5;1-2-3-4(5)6/h1-4,6H;2-3H2,1H3,(H,5,6). The molecule has 2 N–H and O–H groups in total. The van der Waals surface area contributed by atoms with Crippen LogP contribution in [0.5, 0.6) is 0 Å². The first-order valence-electron chi connectivity index (χ1n) is 4.01. The van der Waals surface area contributed by atoms with E-state index in [0.29, 0.717) is 12.1 Å². The number of carboxylic acids is 1. The van der Waals surface area contributed by atoms with Crippen molar-refractivity contribution in [3.63, 3.8) is 0 Å². The van der Waals surface area contributed by atoms with Crippen LogP contribution in [0.25, 0.3) is 0 Å². The highest BCUT2D eigenvalue weighted by molar-refractivity contribution is 5.71. The van der Waals surface area contributed by atoms with Crippen LogP contribution in [-0.4, -0.2) is 22.3 Å². The van der Waals surface area contributed by atoms with Crippen molar-refractivity contribution in [1.29, 1.82) is 0 Å². The summed E-state index contributed by atoms with van der Waals surface area (Å²) in [6, 6.07) is 3.50. The van der Waals surface area contributed by atoms with Gasteiger partial charge in [0, 0.05) is 12.6 Å². The maximum Gasteiger partial charge on any atom is 0.303 e. The molecule has 0 radical (unpaired) electrons. The van der Waals surface area contributed by atoms with Gasteiger partial charge in [-0.25, -0.2) is 0 Å². The highest BCUT2D eigenvalue weighted by Crippen LogP contribution is 1.85. The fraction of sp³-hybridized carbons (Fsp3) is 0.333. The van der Waals surface area contributed by atoms with Gasteiger partial charge in [0.05, 0.1) is 5.69 Å². The Morgan fingerprint density at radius 3 is 2.54 bits per heavy atom. The Bertz CT molecular complexity index is 241. The minimum Gasteiger partial charge on any atom is -0.481 e. The molecule has 0 aliphatic rings. The molecule has 0 atom stereocenters. The number of hydrogen-bond acceptors (Lipinski definition) is 2. The van der Waals surface area contributed by atoms with Gasteiger partial charge >= 0.3 is 5.97 Å². The predicted molar refractivity (Wildman–Crippen MR) is 48.7 cm³/mol. The maximum absolute atomic E-state index is 9.84. The van der Waals surface area contributed by atoms with E-state index >= 15 is 0 Å². The van der Waals surface area contributed by atoms with Gasteiger partial charge in [-0.15, -0.1) is 0 Å². The van der Waals surface area contributed by atoms with Crippen LogP contribution in [0.2, 0.25) is 0 Å². The largest absolute Gasteiger partial charge is 0.481 e. The molecule has 0 saturated heterocycles. The van der Waals surface area contributed by atoms with Crippen LogP contribution >= 0.6 is 0 Å². The molecule has 0 unspecified atom stereocenters. The Kier molecular flexibility index (Phi) is 6.23. The Morgan fingerprint density at radius 1 is 1.69 bits per heavy atom. The van der Waals surface area contributed by atoms with E-state index < -0.39 is 5.97 Å². The van der Waals surface area contributed by atoms with Crippen LogP contribution in [-0.2, 0) is 4.79 Å². The summed E-state index contributed by atoms with van der Waals surface area (Å²) in [5.41, 5.74) is 0.625. The van der Waals surface area contributed by atoms with Crippen molar-refractivity contribution in [1.82, 2.24) is 4.98 Å². The third-order valence-corrected chi connectivity index (χ3v) is 1.21. The summed E-state index contributed by atoms with van der Waals surface area (Å²) in [5.74, 6) is -0.711. The van der Waals surface area contributed by atoms with Crippen LogP contribution < -0.4 is 0 Å². The molecule has 0 bridgehead atoms.